The summed E-state index contributed by atoms with van der Waals surface area (Å²) in [5.41, 5.74) is 5.15. The Labute approximate surface area is 57.9 Å². The normalized spacial score (nSPS) is 12.6. The number of hydrogen-bond acceptors (Lipinski definition) is 3. The van der Waals surface area contributed by atoms with E-state index in [0.717, 1.165) is 0 Å². The van der Waals surface area contributed by atoms with E-state index in [4.69, 9.17) is 8.48 Å². The fraction of sp³-hybridized carbons (Fsp3) is 0. The predicted molar refractivity (Wildman–Crippen MR) is 34.1 cm³/mol. The molecule has 42 valence electrons. The highest BCUT2D eigenvalue weighted by atomic mass is 79.9. The van der Waals surface area contributed by atoms with Crippen molar-refractivity contribution in [1.82, 2.24) is 9.97 Å². The Kier molecular flexibility index (Phi) is 0.886. The summed E-state index contributed by atoms with van der Waals surface area (Å²) in [4.78, 5) is 7.00. The highest BCUT2D eigenvalue weighted by Crippen LogP contribution is 2.03. The Morgan fingerprint density at radius 3 is 2.62 bits per heavy atom. The van der Waals surface area contributed by atoms with E-state index < -0.39 is 0 Å². The van der Waals surface area contributed by atoms with Gasteiger partial charge in [-0.15, -0.1) is 0 Å². The molecule has 0 saturated carbocycles. The highest BCUT2D eigenvalue weighted by molar-refractivity contribution is 9.10. The van der Waals surface area contributed by atoms with Gasteiger partial charge in [0, 0.05) is 12.3 Å². The number of aromatic nitrogens is 2. The van der Waals surface area contributed by atoms with E-state index in [1.807, 2.05) is 0 Å². The van der Waals surface area contributed by atoms with Crippen LogP contribution >= 0.6 is 15.9 Å². The van der Waals surface area contributed by atoms with Gasteiger partial charge in [-0.2, -0.15) is 0 Å². The van der Waals surface area contributed by atoms with Crippen molar-refractivity contribution < 1.29 is 2.74 Å². The van der Waals surface area contributed by atoms with E-state index in [-0.39, 0.29) is 22.8 Å². The topological polar surface area (TPSA) is 51.8 Å². The van der Waals surface area contributed by atoms with Gasteiger partial charge in [-0.1, -0.05) is 0 Å². The molecule has 0 aliphatic carbocycles. The summed E-state index contributed by atoms with van der Waals surface area (Å²) < 4.78 is 14.5. The molecule has 8 heavy (non-hydrogen) atoms. The molecular weight excluding hydrogens is 170 g/mol. The number of hydrogen-bond donors (Lipinski definition) is 1. The molecule has 0 aliphatic rings. The summed E-state index contributed by atoms with van der Waals surface area (Å²) >= 11 is 2.96. The third-order valence-electron chi connectivity index (χ3n) is 0.537. The van der Waals surface area contributed by atoms with Crippen LogP contribution in [0.2, 0.25) is 0 Å². The van der Waals surface area contributed by atoms with Crippen molar-refractivity contribution in [1.29, 1.82) is 0 Å². The number of nitrogens with two attached hydrogens (primary N) is 1. The molecule has 0 unspecified atom stereocenters. The molecule has 0 atom stereocenters. The van der Waals surface area contributed by atoms with Crippen molar-refractivity contribution in [3.63, 3.8) is 0 Å². The van der Waals surface area contributed by atoms with Crippen LogP contribution in [-0.4, -0.2) is 9.97 Å². The Balaban J connectivity index is 3.31. The van der Waals surface area contributed by atoms with Gasteiger partial charge in [0.1, 0.15) is 0 Å². The third kappa shape index (κ3) is 1.16. The number of anilines is 1. The van der Waals surface area contributed by atoms with E-state index >= 15 is 0 Å². The Morgan fingerprint density at radius 2 is 2.12 bits per heavy atom. The van der Waals surface area contributed by atoms with Gasteiger partial charge in [0.15, 0.2) is 0 Å². The summed E-state index contributed by atoms with van der Waals surface area (Å²) in [6.45, 7) is 0. The molecule has 2 N–H and O–H groups in total. The average Bonchev–Trinajstić information content (AvgIpc) is 1.82. The van der Waals surface area contributed by atoms with Crippen LogP contribution in [0.5, 0.6) is 0 Å². The van der Waals surface area contributed by atoms with Crippen LogP contribution in [0.3, 0.4) is 0 Å². The zero-order valence-corrected chi connectivity index (χ0v) is 5.44. The fourth-order valence-electron chi connectivity index (χ4n) is 0.263. The minimum Gasteiger partial charge on any atom is -0.368 e. The van der Waals surface area contributed by atoms with Crippen LogP contribution in [0.15, 0.2) is 16.8 Å². The lowest BCUT2D eigenvalue weighted by Crippen LogP contribution is -1.91. The molecule has 0 aromatic carbocycles. The maximum absolute atomic E-state index is 7.10. The van der Waals surface area contributed by atoms with Gasteiger partial charge in [-0.05, 0) is 15.9 Å². The molecule has 0 amide bonds. The number of rotatable bonds is 0. The second-order valence-corrected chi connectivity index (χ2v) is 1.91. The van der Waals surface area contributed by atoms with Crippen LogP contribution < -0.4 is 5.73 Å². The van der Waals surface area contributed by atoms with Gasteiger partial charge in [0.25, 0.3) is 0 Å². The minimum atomic E-state index is -0.0579. The molecule has 0 fully saturated rings. The lowest BCUT2D eigenvalue weighted by Gasteiger charge is -1.87. The second kappa shape index (κ2) is 2.09. The highest BCUT2D eigenvalue weighted by Gasteiger charge is 1.84. The van der Waals surface area contributed by atoms with Gasteiger partial charge in [0.05, 0.1) is 7.21 Å². The molecule has 4 heteroatoms. The molecular formula is C4H4BrN3. The Hall–Kier alpha value is -0.640. The summed E-state index contributed by atoms with van der Waals surface area (Å²) in [6.07, 6.45) is -0.116. The lowest BCUT2D eigenvalue weighted by atomic mass is 10.7. The Morgan fingerprint density at radius 1 is 1.62 bits per heavy atom. The predicted octanol–water partition coefficient (Wildman–Crippen LogP) is 0.821. The first-order chi connectivity index (χ1) is 4.61. The quantitative estimate of drug-likeness (QED) is 0.636. The molecule has 0 spiro atoms. The first-order valence-electron chi connectivity index (χ1n) is 2.87. The zero-order valence-electron chi connectivity index (χ0n) is 5.85. The lowest BCUT2D eigenvalue weighted by molar-refractivity contribution is 1.17. The summed E-state index contributed by atoms with van der Waals surface area (Å²) in [5.74, 6) is -0.0433. The molecule has 1 rings (SSSR count). The molecule has 0 aliphatic heterocycles. The van der Waals surface area contributed by atoms with Crippen molar-refractivity contribution in [2.45, 2.75) is 0 Å². The first kappa shape index (κ1) is 3.40. The van der Waals surface area contributed by atoms with Gasteiger partial charge in [-0.3, -0.25) is 0 Å². The maximum atomic E-state index is 7.10. The Bertz CT molecular complexity index is 242. The van der Waals surface area contributed by atoms with Crippen molar-refractivity contribution in [2.24, 2.45) is 0 Å². The molecule has 0 radical (unpaired) electrons. The van der Waals surface area contributed by atoms with Gasteiger partial charge < -0.3 is 5.73 Å². The van der Waals surface area contributed by atoms with E-state index in [1.165, 1.54) is 0 Å². The third-order valence-corrected chi connectivity index (χ3v) is 0.892. The largest absolute Gasteiger partial charge is 0.368 e. The van der Waals surface area contributed by atoms with Crippen LogP contribution in [0.25, 0.3) is 0 Å². The van der Waals surface area contributed by atoms with Crippen LogP contribution in [0.4, 0.5) is 5.95 Å². The number of nitrogen functional groups attached to an aromatic ring is 1. The molecule has 0 saturated heterocycles. The smallest absolute Gasteiger partial charge is 0.219 e. The molecule has 1 aromatic rings. The van der Waals surface area contributed by atoms with E-state index in [9.17, 15) is 0 Å². The van der Waals surface area contributed by atoms with Crippen LogP contribution in [0, 0.1) is 0 Å². The van der Waals surface area contributed by atoms with Crippen molar-refractivity contribution >= 4 is 21.9 Å². The summed E-state index contributed by atoms with van der Waals surface area (Å²) in [7, 11) is 0. The summed E-state index contributed by atoms with van der Waals surface area (Å²) in [5, 5.41) is 0. The van der Waals surface area contributed by atoms with Crippen molar-refractivity contribution in [3.05, 3.63) is 16.8 Å². The standard InChI is InChI=1S/C4H4BrN3/c5-3-1-7-4(6)8-2-3/h1-2H,(H2,6,7,8)/i1D,2D. The van der Waals surface area contributed by atoms with E-state index in [2.05, 4.69) is 25.9 Å². The van der Waals surface area contributed by atoms with Gasteiger partial charge >= 0.3 is 0 Å². The van der Waals surface area contributed by atoms with Crippen molar-refractivity contribution in [3.8, 4) is 0 Å². The molecule has 3 nitrogen and oxygen atoms in total. The van der Waals surface area contributed by atoms with Crippen LogP contribution in [0.1, 0.15) is 2.74 Å². The van der Waals surface area contributed by atoms with Crippen LogP contribution in [-0.2, 0) is 0 Å². The monoisotopic (exact) mass is 175 g/mol. The second-order valence-electron chi connectivity index (χ2n) is 1.12. The number of nitrogens with zero attached hydrogens (tertiary/aromatic N) is 2. The number of halogens is 1. The molecule has 0 bridgehead atoms. The molecule has 1 aromatic heterocycles. The van der Waals surface area contributed by atoms with Gasteiger partial charge in [0.2, 0.25) is 5.95 Å². The SMILES string of the molecule is [2H]c1nc(N)nc([2H])c1Br. The average molecular weight is 176 g/mol. The van der Waals surface area contributed by atoms with E-state index in [0.29, 0.717) is 0 Å². The van der Waals surface area contributed by atoms with Gasteiger partial charge in [-0.25, -0.2) is 9.97 Å². The zero-order chi connectivity index (χ0) is 7.72. The fourth-order valence-corrected chi connectivity index (χ4v) is 0.440. The summed E-state index contributed by atoms with van der Waals surface area (Å²) in [6, 6.07) is 0. The first-order valence-corrected chi connectivity index (χ1v) is 2.67. The maximum Gasteiger partial charge on any atom is 0.219 e. The van der Waals surface area contributed by atoms with E-state index in [1.54, 1.807) is 0 Å². The minimum absolute atomic E-state index is 0.0433. The van der Waals surface area contributed by atoms with Crippen molar-refractivity contribution in [2.75, 3.05) is 5.73 Å². The molecule has 1 heterocycles.